The normalized spacial score (nSPS) is 11.9. The minimum Gasteiger partial charge on any atom is -0.326 e. The number of rotatable bonds is 5. The van der Waals surface area contributed by atoms with E-state index in [-0.39, 0.29) is 28.4 Å². The van der Waals surface area contributed by atoms with Crippen molar-refractivity contribution in [3.05, 3.63) is 63.6 Å². The third-order valence-electron chi connectivity index (χ3n) is 3.41. The predicted molar refractivity (Wildman–Crippen MR) is 102 cm³/mol. The van der Waals surface area contributed by atoms with E-state index in [0.29, 0.717) is 5.02 Å². The van der Waals surface area contributed by atoms with Crippen LogP contribution in [0, 0.1) is 0 Å². The fourth-order valence-corrected chi connectivity index (χ4v) is 2.62. The summed E-state index contributed by atoms with van der Waals surface area (Å²) in [6.45, 7) is 1.48. The standard InChI is InChI=1S/C18H14Cl2F3N3O2/c1-10(25-26-17(28)14-6-5-12(19)9-15(14)20)7-16(27)24-13-4-2-3-11(8-13)18(21,22)23/h2-6,8-9H,7H2,1H3,(H,24,27)(H,26,28)/b25-10+. The van der Waals surface area contributed by atoms with Crippen LogP contribution >= 0.6 is 23.2 Å². The van der Waals surface area contributed by atoms with Gasteiger partial charge in [-0.1, -0.05) is 29.3 Å². The summed E-state index contributed by atoms with van der Waals surface area (Å²) in [4.78, 5) is 24.0. The summed E-state index contributed by atoms with van der Waals surface area (Å²) in [5.74, 6) is -1.18. The Morgan fingerprint density at radius 3 is 2.46 bits per heavy atom. The van der Waals surface area contributed by atoms with Crippen LogP contribution in [0.4, 0.5) is 18.9 Å². The van der Waals surface area contributed by atoms with Gasteiger partial charge in [-0.05, 0) is 43.3 Å². The van der Waals surface area contributed by atoms with Crippen molar-refractivity contribution in [2.24, 2.45) is 5.10 Å². The van der Waals surface area contributed by atoms with Gasteiger partial charge in [0.05, 0.1) is 22.6 Å². The zero-order valence-corrected chi connectivity index (χ0v) is 15.9. The second-order valence-corrected chi connectivity index (χ2v) is 6.56. The van der Waals surface area contributed by atoms with Gasteiger partial charge in [-0.25, -0.2) is 5.43 Å². The number of benzene rings is 2. The summed E-state index contributed by atoms with van der Waals surface area (Å²) in [5.41, 5.74) is 1.77. The minimum absolute atomic E-state index is 0.00427. The van der Waals surface area contributed by atoms with Crippen molar-refractivity contribution in [1.82, 2.24) is 5.43 Å². The van der Waals surface area contributed by atoms with Gasteiger partial charge in [0, 0.05) is 16.4 Å². The van der Waals surface area contributed by atoms with Gasteiger partial charge in [0.25, 0.3) is 5.91 Å². The van der Waals surface area contributed by atoms with E-state index in [1.807, 2.05) is 0 Å². The number of hydrazone groups is 1. The summed E-state index contributed by atoms with van der Waals surface area (Å²) < 4.78 is 38.1. The van der Waals surface area contributed by atoms with Crippen LogP contribution in [0.15, 0.2) is 47.6 Å². The fraction of sp³-hybridized carbons (Fsp3) is 0.167. The van der Waals surface area contributed by atoms with Gasteiger partial charge in [0.15, 0.2) is 0 Å². The number of nitrogens with one attached hydrogen (secondary N) is 2. The molecule has 0 bridgehead atoms. The van der Waals surface area contributed by atoms with Gasteiger partial charge in [-0.3, -0.25) is 9.59 Å². The topological polar surface area (TPSA) is 70.6 Å². The predicted octanol–water partition coefficient (Wildman–Crippen LogP) is 5.15. The molecule has 0 aliphatic carbocycles. The molecule has 28 heavy (non-hydrogen) atoms. The fourth-order valence-electron chi connectivity index (χ4n) is 2.13. The summed E-state index contributed by atoms with van der Waals surface area (Å²) >= 11 is 11.7. The van der Waals surface area contributed by atoms with Crippen LogP contribution in [-0.2, 0) is 11.0 Å². The Balaban J connectivity index is 1.95. The maximum absolute atomic E-state index is 12.7. The maximum Gasteiger partial charge on any atom is 0.416 e. The molecular formula is C18H14Cl2F3N3O2. The molecule has 0 saturated carbocycles. The number of anilines is 1. The number of nitrogens with zero attached hydrogens (tertiary/aromatic N) is 1. The number of halogens is 5. The summed E-state index contributed by atoms with van der Waals surface area (Å²) in [6, 6.07) is 8.57. The van der Waals surface area contributed by atoms with E-state index in [1.54, 1.807) is 0 Å². The first kappa shape index (κ1) is 21.7. The van der Waals surface area contributed by atoms with Crippen molar-refractivity contribution in [1.29, 1.82) is 0 Å². The summed E-state index contributed by atoms with van der Waals surface area (Å²) in [6.07, 6.45) is -4.74. The zero-order chi connectivity index (χ0) is 20.9. The zero-order valence-electron chi connectivity index (χ0n) is 14.4. The molecule has 0 aliphatic heterocycles. The first-order valence-corrected chi connectivity index (χ1v) is 8.57. The van der Waals surface area contributed by atoms with Gasteiger partial charge in [0.1, 0.15) is 0 Å². The Bertz CT molecular complexity index is 931. The van der Waals surface area contributed by atoms with E-state index in [9.17, 15) is 22.8 Å². The van der Waals surface area contributed by atoms with Gasteiger partial charge < -0.3 is 5.32 Å². The van der Waals surface area contributed by atoms with Gasteiger partial charge in [-0.15, -0.1) is 0 Å². The Kier molecular flexibility index (Phi) is 7.04. The molecule has 2 N–H and O–H groups in total. The van der Waals surface area contributed by atoms with Crippen molar-refractivity contribution in [2.45, 2.75) is 19.5 Å². The van der Waals surface area contributed by atoms with E-state index < -0.39 is 23.6 Å². The molecule has 2 rings (SSSR count). The average Bonchev–Trinajstić information content (AvgIpc) is 2.59. The highest BCUT2D eigenvalue weighted by atomic mass is 35.5. The Labute approximate surface area is 168 Å². The van der Waals surface area contributed by atoms with Crippen molar-refractivity contribution in [2.75, 3.05) is 5.32 Å². The second-order valence-electron chi connectivity index (χ2n) is 5.72. The SMILES string of the molecule is C/C(CC(=O)Nc1cccc(C(F)(F)F)c1)=N\NC(=O)c1ccc(Cl)cc1Cl. The number of carbonyl (C=O) groups is 2. The Hall–Kier alpha value is -2.58. The van der Waals surface area contributed by atoms with Crippen LogP contribution in [0.3, 0.4) is 0 Å². The molecule has 5 nitrogen and oxygen atoms in total. The van der Waals surface area contributed by atoms with Gasteiger partial charge >= 0.3 is 6.18 Å². The van der Waals surface area contributed by atoms with Crippen molar-refractivity contribution < 1.29 is 22.8 Å². The van der Waals surface area contributed by atoms with Gasteiger partial charge in [-0.2, -0.15) is 18.3 Å². The smallest absolute Gasteiger partial charge is 0.326 e. The highest BCUT2D eigenvalue weighted by Crippen LogP contribution is 2.30. The lowest BCUT2D eigenvalue weighted by molar-refractivity contribution is -0.137. The number of amides is 2. The van der Waals surface area contributed by atoms with E-state index in [2.05, 4.69) is 15.8 Å². The maximum atomic E-state index is 12.7. The molecule has 0 aliphatic rings. The van der Waals surface area contributed by atoms with Crippen LogP contribution in [0.1, 0.15) is 29.3 Å². The summed E-state index contributed by atoms with van der Waals surface area (Å²) in [5, 5.41) is 6.65. The Morgan fingerprint density at radius 1 is 1.11 bits per heavy atom. The highest BCUT2D eigenvalue weighted by Gasteiger charge is 2.30. The number of hydrogen-bond acceptors (Lipinski definition) is 3. The largest absolute Gasteiger partial charge is 0.416 e. The van der Waals surface area contributed by atoms with E-state index in [4.69, 9.17) is 23.2 Å². The number of carbonyl (C=O) groups excluding carboxylic acids is 2. The molecule has 2 aromatic rings. The third-order valence-corrected chi connectivity index (χ3v) is 3.96. The van der Waals surface area contributed by atoms with Crippen LogP contribution in [0.25, 0.3) is 0 Å². The molecule has 0 unspecified atom stereocenters. The highest BCUT2D eigenvalue weighted by molar-refractivity contribution is 6.36. The molecule has 0 saturated heterocycles. The molecule has 0 atom stereocenters. The lowest BCUT2D eigenvalue weighted by Gasteiger charge is -2.10. The average molecular weight is 432 g/mol. The lowest BCUT2D eigenvalue weighted by Crippen LogP contribution is -2.21. The van der Waals surface area contributed by atoms with E-state index >= 15 is 0 Å². The molecule has 2 amide bonds. The lowest BCUT2D eigenvalue weighted by atomic mass is 10.2. The molecule has 0 spiro atoms. The molecule has 0 aromatic heterocycles. The van der Waals surface area contributed by atoms with Crippen molar-refractivity contribution in [3.63, 3.8) is 0 Å². The third kappa shape index (κ3) is 6.24. The molecule has 148 valence electrons. The molecule has 10 heteroatoms. The Morgan fingerprint density at radius 2 is 1.82 bits per heavy atom. The quantitative estimate of drug-likeness (QED) is 0.507. The first-order chi connectivity index (χ1) is 13.1. The number of alkyl halides is 3. The monoisotopic (exact) mass is 431 g/mol. The van der Waals surface area contributed by atoms with Crippen LogP contribution < -0.4 is 10.7 Å². The number of hydrogen-bond donors (Lipinski definition) is 2. The van der Waals surface area contributed by atoms with Crippen molar-refractivity contribution >= 4 is 46.4 Å². The molecule has 0 heterocycles. The minimum atomic E-state index is -4.51. The van der Waals surface area contributed by atoms with Crippen LogP contribution in [0.2, 0.25) is 10.0 Å². The summed E-state index contributed by atoms with van der Waals surface area (Å²) in [7, 11) is 0. The van der Waals surface area contributed by atoms with Gasteiger partial charge in [0.2, 0.25) is 5.91 Å². The second kappa shape index (κ2) is 9.07. The van der Waals surface area contributed by atoms with Crippen LogP contribution in [-0.4, -0.2) is 17.5 Å². The molecule has 0 radical (unpaired) electrons. The van der Waals surface area contributed by atoms with Crippen LogP contribution in [0.5, 0.6) is 0 Å². The molecule has 2 aromatic carbocycles. The molecule has 0 fully saturated rings. The molecular weight excluding hydrogens is 418 g/mol. The van der Waals surface area contributed by atoms with E-state index in [1.165, 1.54) is 37.3 Å². The van der Waals surface area contributed by atoms with E-state index in [0.717, 1.165) is 12.1 Å². The van der Waals surface area contributed by atoms with Crippen molar-refractivity contribution in [3.8, 4) is 0 Å². The first-order valence-electron chi connectivity index (χ1n) is 7.82.